The van der Waals surface area contributed by atoms with Crippen molar-refractivity contribution in [3.05, 3.63) is 41.6 Å². The van der Waals surface area contributed by atoms with E-state index in [9.17, 15) is 4.79 Å². The van der Waals surface area contributed by atoms with Crippen molar-refractivity contribution in [2.45, 2.75) is 19.4 Å². The molecular weight excluding hydrogens is 268 g/mol. The molecule has 0 radical (unpaired) electrons. The Morgan fingerprint density at radius 1 is 1.52 bits per heavy atom. The summed E-state index contributed by atoms with van der Waals surface area (Å²) in [4.78, 5) is 11.3. The van der Waals surface area contributed by atoms with E-state index < -0.39 is 5.91 Å². The molecule has 6 heteroatoms. The number of carbonyl (C=O) groups is 1. The van der Waals surface area contributed by atoms with E-state index in [1.807, 2.05) is 35.9 Å². The van der Waals surface area contributed by atoms with Gasteiger partial charge < -0.3 is 15.8 Å². The number of carbonyl (C=O) groups excluding carboxylic acids is 1. The Balaban J connectivity index is 2.04. The van der Waals surface area contributed by atoms with Gasteiger partial charge in [-0.2, -0.15) is 5.10 Å². The first kappa shape index (κ1) is 13.5. The summed E-state index contributed by atoms with van der Waals surface area (Å²) in [5.74, 6) is 1.15. The maximum atomic E-state index is 11.3. The smallest absolute Gasteiger partial charge is 0.269 e. The minimum absolute atomic E-state index is 0.0390. The summed E-state index contributed by atoms with van der Waals surface area (Å²) in [5.41, 5.74) is 6.67. The zero-order valence-corrected chi connectivity index (χ0v) is 11.9. The average molecular weight is 286 g/mol. The predicted molar refractivity (Wildman–Crippen MR) is 79.6 cm³/mol. The minimum Gasteiger partial charge on any atom is -0.494 e. The third-order valence-electron chi connectivity index (χ3n) is 3.59. The number of hydrogen-bond acceptors (Lipinski definition) is 4. The van der Waals surface area contributed by atoms with Gasteiger partial charge in [0.25, 0.3) is 5.91 Å². The Labute approximate surface area is 122 Å². The molecule has 6 nitrogen and oxygen atoms in total. The van der Waals surface area contributed by atoms with Gasteiger partial charge in [-0.05, 0) is 19.4 Å². The van der Waals surface area contributed by atoms with Crippen LogP contribution in [0.5, 0.6) is 5.75 Å². The average Bonchev–Trinajstić information content (AvgIpc) is 2.92. The number of primary amides is 1. The Morgan fingerprint density at radius 3 is 3.10 bits per heavy atom. The normalized spacial score (nSPS) is 16.9. The highest BCUT2D eigenvalue weighted by molar-refractivity contribution is 5.91. The van der Waals surface area contributed by atoms with Crippen molar-refractivity contribution < 1.29 is 9.53 Å². The molecule has 0 saturated carbocycles. The lowest BCUT2D eigenvalue weighted by molar-refractivity contribution is 0.0994. The highest BCUT2D eigenvalue weighted by Gasteiger charge is 2.26. The lowest BCUT2D eigenvalue weighted by Crippen LogP contribution is -2.25. The molecule has 21 heavy (non-hydrogen) atoms. The lowest BCUT2D eigenvalue weighted by Gasteiger charge is -2.27. The molecule has 1 amide bonds. The van der Waals surface area contributed by atoms with Crippen LogP contribution in [0, 0.1) is 0 Å². The zero-order valence-electron chi connectivity index (χ0n) is 11.9. The van der Waals surface area contributed by atoms with E-state index in [1.54, 1.807) is 6.07 Å². The highest BCUT2D eigenvalue weighted by atomic mass is 16.5. The van der Waals surface area contributed by atoms with Crippen LogP contribution in [0.25, 0.3) is 0 Å². The summed E-state index contributed by atoms with van der Waals surface area (Å²) in [7, 11) is 0. The molecule has 1 aliphatic heterocycles. The Morgan fingerprint density at radius 2 is 2.33 bits per heavy atom. The van der Waals surface area contributed by atoms with E-state index in [4.69, 9.17) is 10.5 Å². The number of hydrogen-bond donors (Lipinski definition) is 2. The first-order chi connectivity index (χ1) is 10.2. The number of nitrogens with zero attached hydrogens (tertiary/aromatic N) is 2. The van der Waals surface area contributed by atoms with E-state index in [-0.39, 0.29) is 11.7 Å². The van der Waals surface area contributed by atoms with Crippen molar-refractivity contribution in [3.8, 4) is 5.75 Å². The number of nitrogens with one attached hydrogen (secondary N) is 1. The van der Waals surface area contributed by atoms with Gasteiger partial charge in [0.05, 0.1) is 12.6 Å². The van der Waals surface area contributed by atoms with Crippen molar-refractivity contribution >= 4 is 11.7 Å². The van der Waals surface area contributed by atoms with Gasteiger partial charge in [-0.15, -0.1) is 0 Å². The Bertz CT molecular complexity index is 665. The quantitative estimate of drug-likeness (QED) is 0.897. The standard InChI is InChI=1S/C15H18N4O2/c1-2-21-13-6-4-3-5-10(13)12-7-8-17-14-9-11(15(16)20)18-19(12)14/h3-6,9,12,17H,2,7-8H2,1H3,(H2,16,20). The summed E-state index contributed by atoms with van der Waals surface area (Å²) in [5, 5.41) is 7.57. The van der Waals surface area contributed by atoms with Crippen molar-refractivity contribution in [1.29, 1.82) is 0 Å². The van der Waals surface area contributed by atoms with Gasteiger partial charge in [0.2, 0.25) is 0 Å². The zero-order chi connectivity index (χ0) is 14.8. The largest absolute Gasteiger partial charge is 0.494 e. The van der Waals surface area contributed by atoms with Gasteiger partial charge in [0, 0.05) is 18.2 Å². The monoisotopic (exact) mass is 286 g/mol. The van der Waals surface area contributed by atoms with E-state index in [2.05, 4.69) is 10.4 Å². The van der Waals surface area contributed by atoms with Gasteiger partial charge in [-0.25, -0.2) is 4.68 Å². The van der Waals surface area contributed by atoms with Crippen LogP contribution in [0.2, 0.25) is 0 Å². The fourth-order valence-electron chi connectivity index (χ4n) is 2.67. The molecule has 0 aliphatic carbocycles. The topological polar surface area (TPSA) is 82.2 Å². The summed E-state index contributed by atoms with van der Waals surface area (Å²) >= 11 is 0. The lowest BCUT2D eigenvalue weighted by atomic mass is 10.0. The Hall–Kier alpha value is -2.50. The summed E-state index contributed by atoms with van der Waals surface area (Å²) < 4.78 is 7.53. The van der Waals surface area contributed by atoms with Crippen LogP contribution in [0.3, 0.4) is 0 Å². The minimum atomic E-state index is -0.518. The molecule has 2 aromatic rings. The second kappa shape index (κ2) is 5.47. The number of ether oxygens (including phenoxy) is 1. The first-order valence-corrected chi connectivity index (χ1v) is 7.05. The summed E-state index contributed by atoms with van der Waals surface area (Å²) in [6.07, 6.45) is 0.872. The molecule has 3 N–H and O–H groups in total. The van der Waals surface area contributed by atoms with E-state index >= 15 is 0 Å². The van der Waals surface area contributed by atoms with Crippen LogP contribution in [0.1, 0.15) is 35.4 Å². The van der Waals surface area contributed by atoms with Crippen molar-refractivity contribution in [1.82, 2.24) is 9.78 Å². The van der Waals surface area contributed by atoms with Gasteiger partial charge in [-0.1, -0.05) is 18.2 Å². The van der Waals surface area contributed by atoms with Crippen molar-refractivity contribution in [2.75, 3.05) is 18.5 Å². The number of para-hydroxylation sites is 1. The Kier molecular flexibility index (Phi) is 3.51. The second-order valence-corrected chi connectivity index (χ2v) is 4.93. The predicted octanol–water partition coefficient (Wildman–Crippen LogP) is 1.79. The van der Waals surface area contributed by atoms with Crippen molar-refractivity contribution in [2.24, 2.45) is 5.73 Å². The summed E-state index contributed by atoms with van der Waals surface area (Å²) in [6.45, 7) is 3.39. The SMILES string of the molecule is CCOc1ccccc1C1CCNc2cc(C(N)=O)nn21. The number of anilines is 1. The van der Waals surface area contributed by atoms with Crippen LogP contribution in [-0.2, 0) is 0 Å². The highest BCUT2D eigenvalue weighted by Crippen LogP contribution is 2.34. The number of benzene rings is 1. The molecule has 0 saturated heterocycles. The van der Waals surface area contributed by atoms with Gasteiger partial charge in [-0.3, -0.25) is 4.79 Å². The van der Waals surface area contributed by atoms with Gasteiger partial charge in [0.1, 0.15) is 11.6 Å². The number of aromatic nitrogens is 2. The fourth-order valence-corrected chi connectivity index (χ4v) is 2.67. The molecular formula is C15H18N4O2. The molecule has 1 aliphatic rings. The fraction of sp³-hybridized carbons (Fsp3) is 0.333. The maximum absolute atomic E-state index is 11.3. The maximum Gasteiger partial charge on any atom is 0.269 e. The molecule has 0 fully saturated rings. The third kappa shape index (κ3) is 2.44. The number of amides is 1. The number of nitrogens with two attached hydrogens (primary N) is 1. The number of rotatable bonds is 4. The third-order valence-corrected chi connectivity index (χ3v) is 3.59. The molecule has 1 aromatic heterocycles. The first-order valence-electron chi connectivity index (χ1n) is 7.05. The molecule has 1 atom stereocenters. The molecule has 0 bridgehead atoms. The van der Waals surface area contributed by atoms with Crippen molar-refractivity contribution in [3.63, 3.8) is 0 Å². The molecule has 1 unspecified atom stereocenters. The van der Waals surface area contributed by atoms with Crippen LogP contribution in [0.15, 0.2) is 30.3 Å². The van der Waals surface area contributed by atoms with Crippen LogP contribution >= 0.6 is 0 Å². The molecule has 3 rings (SSSR count). The van der Waals surface area contributed by atoms with Gasteiger partial charge >= 0.3 is 0 Å². The second-order valence-electron chi connectivity index (χ2n) is 4.93. The molecule has 2 heterocycles. The van der Waals surface area contributed by atoms with Crippen LogP contribution in [-0.4, -0.2) is 28.8 Å². The molecule has 110 valence electrons. The summed E-state index contributed by atoms with van der Waals surface area (Å²) in [6, 6.07) is 9.66. The van der Waals surface area contributed by atoms with E-state index in [0.717, 1.165) is 30.1 Å². The molecule has 0 spiro atoms. The van der Waals surface area contributed by atoms with Crippen LogP contribution < -0.4 is 15.8 Å². The van der Waals surface area contributed by atoms with E-state index in [0.29, 0.717) is 6.61 Å². The number of fused-ring (bicyclic) bond motifs is 1. The van der Waals surface area contributed by atoms with Gasteiger partial charge in [0.15, 0.2) is 5.69 Å². The molecule has 1 aromatic carbocycles. The van der Waals surface area contributed by atoms with E-state index in [1.165, 1.54) is 0 Å². The van der Waals surface area contributed by atoms with Crippen LogP contribution in [0.4, 0.5) is 5.82 Å².